The Morgan fingerprint density at radius 1 is 1.35 bits per heavy atom. The van der Waals surface area contributed by atoms with Crippen molar-refractivity contribution in [2.24, 2.45) is 5.92 Å². The van der Waals surface area contributed by atoms with Crippen molar-refractivity contribution in [3.8, 4) is 5.69 Å². The largest absolute Gasteiger partial charge is 0.480 e. The van der Waals surface area contributed by atoms with Crippen molar-refractivity contribution in [3.05, 3.63) is 47.0 Å². The van der Waals surface area contributed by atoms with Crippen LogP contribution in [0.25, 0.3) is 16.6 Å². The van der Waals surface area contributed by atoms with Gasteiger partial charge < -0.3 is 14.6 Å². The zero-order valence-corrected chi connectivity index (χ0v) is 15.4. The molecule has 3 heterocycles. The maximum atomic E-state index is 11.7. The fraction of sp³-hybridized carbons (Fsp3) is 0.278. The molecule has 2 aromatic heterocycles. The van der Waals surface area contributed by atoms with Gasteiger partial charge in [-0.25, -0.2) is 14.8 Å². The first-order valence-electron chi connectivity index (χ1n) is 8.22. The first-order valence-corrected chi connectivity index (χ1v) is 8.98. The molecule has 0 aliphatic carbocycles. The molecule has 6 nitrogen and oxygen atoms in total. The number of hydrogen-bond donors (Lipinski definition) is 1. The predicted molar refractivity (Wildman–Crippen MR) is 101 cm³/mol. The van der Waals surface area contributed by atoms with Crippen molar-refractivity contribution >= 4 is 45.9 Å². The van der Waals surface area contributed by atoms with Gasteiger partial charge in [-0.2, -0.15) is 0 Å². The number of hydrogen-bond acceptors (Lipinski definition) is 4. The van der Waals surface area contributed by atoms with Gasteiger partial charge in [-0.1, -0.05) is 30.1 Å². The number of carboxylic acid groups (broad SMARTS) is 1. The average molecular weight is 391 g/mol. The lowest BCUT2D eigenvalue weighted by molar-refractivity contribution is -0.138. The molecular weight excluding hydrogens is 375 g/mol. The van der Waals surface area contributed by atoms with Crippen LogP contribution in [0.2, 0.25) is 10.0 Å². The monoisotopic (exact) mass is 390 g/mol. The molecule has 8 heteroatoms. The molecule has 2 atom stereocenters. The first-order chi connectivity index (χ1) is 12.5. The zero-order valence-electron chi connectivity index (χ0n) is 13.9. The third-order valence-electron chi connectivity index (χ3n) is 4.71. The Kier molecular flexibility index (Phi) is 4.25. The molecule has 1 aliphatic rings. The van der Waals surface area contributed by atoms with Crippen LogP contribution in [-0.4, -0.2) is 38.2 Å². The maximum absolute atomic E-state index is 11.7. The molecule has 1 aliphatic heterocycles. The first kappa shape index (κ1) is 17.1. The van der Waals surface area contributed by atoms with E-state index in [0.717, 1.165) is 11.1 Å². The summed E-state index contributed by atoms with van der Waals surface area (Å²) in [6, 6.07) is 4.86. The van der Waals surface area contributed by atoms with Crippen molar-refractivity contribution in [1.29, 1.82) is 0 Å². The number of halogens is 2. The van der Waals surface area contributed by atoms with Gasteiger partial charge in [-0.15, -0.1) is 0 Å². The van der Waals surface area contributed by atoms with Gasteiger partial charge in [0, 0.05) is 30.4 Å². The van der Waals surface area contributed by atoms with E-state index in [1.54, 1.807) is 18.6 Å². The molecule has 1 fully saturated rings. The Balaban J connectivity index is 1.96. The number of imidazole rings is 1. The summed E-state index contributed by atoms with van der Waals surface area (Å²) in [5.41, 5.74) is 1.37. The van der Waals surface area contributed by atoms with E-state index in [4.69, 9.17) is 23.2 Å². The highest BCUT2D eigenvalue weighted by molar-refractivity contribution is 6.45. The van der Waals surface area contributed by atoms with Crippen molar-refractivity contribution in [3.63, 3.8) is 0 Å². The third-order valence-corrected chi connectivity index (χ3v) is 5.50. The maximum Gasteiger partial charge on any atom is 0.326 e. The van der Waals surface area contributed by atoms with Crippen molar-refractivity contribution < 1.29 is 9.90 Å². The Morgan fingerprint density at radius 2 is 2.15 bits per heavy atom. The normalized spacial score (nSPS) is 20.0. The Labute approximate surface area is 160 Å². The second-order valence-electron chi connectivity index (χ2n) is 6.57. The number of carbonyl (C=O) groups is 1. The van der Waals surface area contributed by atoms with Crippen LogP contribution in [0.15, 0.2) is 36.9 Å². The van der Waals surface area contributed by atoms with Gasteiger partial charge in [0.1, 0.15) is 11.9 Å². The fourth-order valence-electron chi connectivity index (χ4n) is 3.50. The number of benzene rings is 1. The molecule has 134 valence electrons. The number of nitrogens with zero attached hydrogens (tertiary/aromatic N) is 4. The molecule has 26 heavy (non-hydrogen) atoms. The summed E-state index contributed by atoms with van der Waals surface area (Å²) >= 11 is 12.6. The van der Waals surface area contributed by atoms with E-state index in [2.05, 4.69) is 9.97 Å². The Bertz CT molecular complexity index is 991. The molecule has 1 N–H and O–H groups in total. The zero-order chi connectivity index (χ0) is 18.4. The second kappa shape index (κ2) is 6.45. The summed E-state index contributed by atoms with van der Waals surface area (Å²) in [6.45, 7) is 2.66. The molecule has 0 saturated carbocycles. The topological polar surface area (TPSA) is 71.2 Å². The minimum absolute atomic E-state index is 0.264. The summed E-state index contributed by atoms with van der Waals surface area (Å²) in [4.78, 5) is 22.3. The quantitative estimate of drug-likeness (QED) is 0.730. The molecule has 0 amide bonds. The molecule has 1 aromatic carbocycles. The summed E-state index contributed by atoms with van der Waals surface area (Å²) in [5, 5.41) is 11.2. The van der Waals surface area contributed by atoms with Crippen LogP contribution in [0.3, 0.4) is 0 Å². The van der Waals surface area contributed by atoms with Gasteiger partial charge in [-0.05, 0) is 24.5 Å². The standard InChI is InChI=1S/C18H16Cl2N4O2/c1-10-6-14(18(25)26)24(8-10)15-7-13(23-5-4-21-9-23)11-2-3-12(19)16(20)17(11)22-15/h2-5,7,9-10,14H,6,8H2,1H3,(H,25,26)/t10-,14-/m0/s1. The number of aliphatic carboxylic acids is 1. The van der Waals surface area contributed by atoms with Crippen LogP contribution in [0.4, 0.5) is 5.82 Å². The van der Waals surface area contributed by atoms with Gasteiger partial charge >= 0.3 is 5.97 Å². The average Bonchev–Trinajstić information content (AvgIpc) is 3.27. The highest BCUT2D eigenvalue weighted by atomic mass is 35.5. The summed E-state index contributed by atoms with van der Waals surface area (Å²) in [7, 11) is 0. The van der Waals surface area contributed by atoms with Gasteiger partial charge in [0.15, 0.2) is 0 Å². The molecule has 3 aromatic rings. The minimum atomic E-state index is -0.849. The molecule has 0 unspecified atom stereocenters. The predicted octanol–water partition coefficient (Wildman–Crippen LogP) is 4.03. The van der Waals surface area contributed by atoms with E-state index < -0.39 is 12.0 Å². The number of anilines is 1. The van der Waals surface area contributed by atoms with Crippen LogP contribution in [0.5, 0.6) is 0 Å². The number of carboxylic acids is 1. The molecule has 0 radical (unpaired) electrons. The van der Waals surface area contributed by atoms with Gasteiger partial charge in [-0.3, -0.25) is 0 Å². The summed E-state index contributed by atoms with van der Waals surface area (Å²) in [6.07, 6.45) is 5.77. The summed E-state index contributed by atoms with van der Waals surface area (Å²) in [5.74, 6) is -0.0140. The molecular formula is C18H16Cl2N4O2. The van der Waals surface area contributed by atoms with Crippen molar-refractivity contribution in [2.75, 3.05) is 11.4 Å². The Hall–Kier alpha value is -2.31. The number of fused-ring (bicyclic) bond motifs is 1. The highest BCUT2D eigenvalue weighted by Gasteiger charge is 2.36. The van der Waals surface area contributed by atoms with Crippen LogP contribution in [0.1, 0.15) is 13.3 Å². The lowest BCUT2D eigenvalue weighted by atomic mass is 10.1. The van der Waals surface area contributed by atoms with Crippen molar-refractivity contribution in [2.45, 2.75) is 19.4 Å². The smallest absolute Gasteiger partial charge is 0.326 e. The van der Waals surface area contributed by atoms with E-state index in [1.807, 2.05) is 34.7 Å². The van der Waals surface area contributed by atoms with Crippen LogP contribution in [0, 0.1) is 5.92 Å². The van der Waals surface area contributed by atoms with Gasteiger partial charge in [0.25, 0.3) is 0 Å². The number of aromatic nitrogens is 3. The molecule has 4 rings (SSSR count). The highest BCUT2D eigenvalue weighted by Crippen LogP contribution is 2.36. The van der Waals surface area contributed by atoms with E-state index in [-0.39, 0.29) is 5.92 Å². The number of pyridine rings is 1. The van der Waals surface area contributed by atoms with E-state index in [9.17, 15) is 9.90 Å². The van der Waals surface area contributed by atoms with Crippen molar-refractivity contribution in [1.82, 2.24) is 14.5 Å². The Morgan fingerprint density at radius 3 is 2.85 bits per heavy atom. The summed E-state index contributed by atoms with van der Waals surface area (Å²) < 4.78 is 1.85. The van der Waals surface area contributed by atoms with Crippen LogP contribution in [-0.2, 0) is 4.79 Å². The molecule has 0 bridgehead atoms. The lowest BCUT2D eigenvalue weighted by Crippen LogP contribution is -2.36. The fourth-order valence-corrected chi connectivity index (χ4v) is 3.86. The lowest BCUT2D eigenvalue weighted by Gasteiger charge is -2.24. The molecule has 0 spiro atoms. The number of rotatable bonds is 3. The molecule has 1 saturated heterocycles. The van der Waals surface area contributed by atoms with Gasteiger partial charge in [0.05, 0.1) is 27.6 Å². The second-order valence-corrected chi connectivity index (χ2v) is 7.36. The third kappa shape index (κ3) is 2.79. The van der Waals surface area contributed by atoms with E-state index >= 15 is 0 Å². The van der Waals surface area contributed by atoms with Gasteiger partial charge in [0.2, 0.25) is 0 Å². The SMILES string of the molecule is C[C@H]1C[C@@H](C(=O)O)N(c2cc(-n3ccnc3)c3ccc(Cl)c(Cl)c3n2)C1. The minimum Gasteiger partial charge on any atom is -0.480 e. The van der Waals surface area contributed by atoms with E-state index in [0.29, 0.717) is 34.3 Å². The van der Waals surface area contributed by atoms with Crippen LogP contribution >= 0.6 is 23.2 Å². The van der Waals surface area contributed by atoms with Crippen LogP contribution < -0.4 is 4.90 Å². The van der Waals surface area contributed by atoms with E-state index in [1.165, 1.54) is 0 Å².